The Morgan fingerprint density at radius 2 is 1.70 bits per heavy atom. The van der Waals surface area contributed by atoms with Crippen LogP contribution in [0, 0.1) is 0 Å². The number of nitrogen functional groups attached to an aromatic ring is 1. The van der Waals surface area contributed by atoms with Crippen LogP contribution in [0.2, 0.25) is 0 Å². The van der Waals surface area contributed by atoms with E-state index in [1.54, 1.807) is 0 Å². The number of rotatable bonds is 4. The van der Waals surface area contributed by atoms with Gasteiger partial charge in [-0.15, -0.1) is 0 Å². The molecule has 0 aliphatic rings. The van der Waals surface area contributed by atoms with Crippen LogP contribution >= 0.6 is 11.6 Å². The van der Waals surface area contributed by atoms with Crippen molar-refractivity contribution in [2.75, 3.05) is 5.73 Å². The lowest BCUT2D eigenvalue weighted by Gasteiger charge is -2.02. The lowest BCUT2D eigenvalue weighted by atomic mass is 10.0. The van der Waals surface area contributed by atoms with Gasteiger partial charge in [0.05, 0.1) is 0 Å². The zero-order valence-corrected chi connectivity index (χ0v) is 12.4. The number of benzene rings is 2. The van der Waals surface area contributed by atoms with Crippen molar-refractivity contribution < 1.29 is 4.79 Å². The molecular formula is C17H20ClNO. The monoisotopic (exact) mass is 289 g/mol. The second-order valence-electron chi connectivity index (χ2n) is 4.51. The molecule has 2 N–H and O–H groups in total. The van der Waals surface area contributed by atoms with Crippen molar-refractivity contribution in [3.63, 3.8) is 0 Å². The number of anilines is 1. The Bertz CT molecular complexity index is 526. The maximum absolute atomic E-state index is 9.81. The van der Waals surface area contributed by atoms with Gasteiger partial charge in [0, 0.05) is 12.1 Å². The standard InChI is InChI=1S/C13H13N.C4H7ClO/c14-13-8-4-7-12(10-13)9-11-5-2-1-3-6-11;1-2-3-4(5)6/h1-8,10H,9,14H2;2-3H2,1H3. The van der Waals surface area contributed by atoms with E-state index in [1.165, 1.54) is 11.1 Å². The smallest absolute Gasteiger partial charge is 0.221 e. The molecule has 0 aliphatic heterocycles. The van der Waals surface area contributed by atoms with Crippen LogP contribution in [0.25, 0.3) is 0 Å². The number of halogens is 1. The van der Waals surface area contributed by atoms with Crippen molar-refractivity contribution in [1.29, 1.82) is 0 Å². The topological polar surface area (TPSA) is 43.1 Å². The van der Waals surface area contributed by atoms with Crippen molar-refractivity contribution in [1.82, 2.24) is 0 Å². The van der Waals surface area contributed by atoms with Gasteiger partial charge >= 0.3 is 0 Å². The molecular weight excluding hydrogens is 270 g/mol. The third kappa shape index (κ3) is 6.95. The van der Waals surface area contributed by atoms with E-state index in [0.717, 1.165) is 18.5 Å². The fourth-order valence-electron chi connectivity index (χ4n) is 1.73. The molecule has 0 saturated carbocycles. The Morgan fingerprint density at radius 1 is 1.05 bits per heavy atom. The summed E-state index contributed by atoms with van der Waals surface area (Å²) >= 11 is 4.94. The average molecular weight is 290 g/mol. The van der Waals surface area contributed by atoms with Gasteiger partial charge < -0.3 is 5.73 Å². The third-order valence-corrected chi connectivity index (χ3v) is 2.84. The second-order valence-corrected chi connectivity index (χ2v) is 4.93. The van der Waals surface area contributed by atoms with Crippen molar-refractivity contribution in [2.45, 2.75) is 26.2 Å². The molecule has 20 heavy (non-hydrogen) atoms. The van der Waals surface area contributed by atoms with Crippen LogP contribution in [0.3, 0.4) is 0 Å². The van der Waals surface area contributed by atoms with E-state index in [9.17, 15) is 4.79 Å². The summed E-state index contributed by atoms with van der Waals surface area (Å²) in [5, 5.41) is -0.238. The molecule has 0 unspecified atom stereocenters. The Kier molecular flexibility index (Phi) is 7.44. The van der Waals surface area contributed by atoms with E-state index >= 15 is 0 Å². The summed E-state index contributed by atoms with van der Waals surface area (Å²) in [4.78, 5) is 9.81. The molecule has 0 spiro atoms. The Hall–Kier alpha value is -1.80. The van der Waals surface area contributed by atoms with Gasteiger partial charge in [0.1, 0.15) is 0 Å². The largest absolute Gasteiger partial charge is 0.399 e. The van der Waals surface area contributed by atoms with Crippen LogP contribution in [0.5, 0.6) is 0 Å². The molecule has 0 atom stereocenters. The normalized spacial score (nSPS) is 9.50. The number of nitrogens with two attached hydrogens (primary N) is 1. The zero-order chi connectivity index (χ0) is 14.8. The number of hydrogen-bond acceptors (Lipinski definition) is 2. The van der Waals surface area contributed by atoms with Crippen LogP contribution in [-0.4, -0.2) is 5.24 Å². The molecule has 106 valence electrons. The minimum Gasteiger partial charge on any atom is -0.399 e. The highest BCUT2D eigenvalue weighted by atomic mass is 35.5. The Balaban J connectivity index is 0.000000286. The lowest BCUT2D eigenvalue weighted by Crippen LogP contribution is -1.90. The van der Waals surface area contributed by atoms with Crippen molar-refractivity contribution in [3.05, 3.63) is 65.7 Å². The van der Waals surface area contributed by atoms with Gasteiger partial charge in [-0.25, -0.2) is 0 Å². The molecule has 0 radical (unpaired) electrons. The van der Waals surface area contributed by atoms with Gasteiger partial charge in [0.15, 0.2) is 0 Å². The highest BCUT2D eigenvalue weighted by Crippen LogP contribution is 2.11. The summed E-state index contributed by atoms with van der Waals surface area (Å²) in [5.74, 6) is 0. The average Bonchev–Trinajstić information content (AvgIpc) is 2.40. The molecule has 0 aliphatic carbocycles. The fourth-order valence-corrected chi connectivity index (χ4v) is 1.92. The van der Waals surface area contributed by atoms with Crippen LogP contribution in [0.1, 0.15) is 30.9 Å². The van der Waals surface area contributed by atoms with E-state index in [4.69, 9.17) is 17.3 Å². The molecule has 2 rings (SSSR count). The summed E-state index contributed by atoms with van der Waals surface area (Å²) in [6.45, 7) is 1.92. The summed E-state index contributed by atoms with van der Waals surface area (Å²) in [7, 11) is 0. The van der Waals surface area contributed by atoms with Gasteiger partial charge in [-0.3, -0.25) is 4.79 Å². The second kappa shape index (κ2) is 9.16. The molecule has 2 aromatic carbocycles. The highest BCUT2D eigenvalue weighted by molar-refractivity contribution is 6.63. The quantitative estimate of drug-likeness (QED) is 0.669. The van der Waals surface area contributed by atoms with Crippen LogP contribution in [0.15, 0.2) is 54.6 Å². The van der Waals surface area contributed by atoms with Crippen molar-refractivity contribution in [2.24, 2.45) is 0 Å². The number of hydrogen-bond donors (Lipinski definition) is 1. The first-order valence-electron chi connectivity index (χ1n) is 6.68. The van der Waals surface area contributed by atoms with Gasteiger partial charge in [-0.2, -0.15) is 0 Å². The first kappa shape index (κ1) is 16.3. The SMILES string of the molecule is CCCC(=O)Cl.Nc1cccc(Cc2ccccc2)c1. The van der Waals surface area contributed by atoms with E-state index in [2.05, 4.69) is 30.3 Å². The summed E-state index contributed by atoms with van der Waals surface area (Å²) in [6, 6.07) is 18.4. The fraction of sp³-hybridized carbons (Fsp3) is 0.235. The number of carbonyl (C=O) groups is 1. The maximum atomic E-state index is 9.81. The van der Waals surface area contributed by atoms with Crippen LogP contribution in [-0.2, 0) is 11.2 Å². The van der Waals surface area contributed by atoms with E-state index in [-0.39, 0.29) is 5.24 Å². The van der Waals surface area contributed by atoms with Gasteiger partial charge in [0.2, 0.25) is 5.24 Å². The van der Waals surface area contributed by atoms with Crippen LogP contribution < -0.4 is 5.73 Å². The van der Waals surface area contributed by atoms with E-state index < -0.39 is 0 Å². The molecule has 2 nitrogen and oxygen atoms in total. The third-order valence-electron chi connectivity index (χ3n) is 2.65. The highest BCUT2D eigenvalue weighted by Gasteiger charge is 1.95. The minimum absolute atomic E-state index is 0.238. The maximum Gasteiger partial charge on any atom is 0.221 e. The van der Waals surface area contributed by atoms with E-state index in [0.29, 0.717) is 6.42 Å². The predicted octanol–water partition coefficient (Wildman–Crippen LogP) is 4.41. The first-order chi connectivity index (χ1) is 9.61. The predicted molar refractivity (Wildman–Crippen MR) is 85.9 cm³/mol. The summed E-state index contributed by atoms with van der Waals surface area (Å²) in [5.41, 5.74) is 9.12. The van der Waals surface area contributed by atoms with E-state index in [1.807, 2.05) is 31.2 Å². The molecule has 3 heteroatoms. The van der Waals surface area contributed by atoms with Gasteiger partial charge in [-0.05, 0) is 47.7 Å². The molecule has 2 aromatic rings. The first-order valence-corrected chi connectivity index (χ1v) is 7.06. The zero-order valence-electron chi connectivity index (χ0n) is 11.7. The summed E-state index contributed by atoms with van der Waals surface area (Å²) in [6.07, 6.45) is 2.30. The molecule has 0 saturated heterocycles. The van der Waals surface area contributed by atoms with Crippen LogP contribution in [0.4, 0.5) is 5.69 Å². The molecule has 0 bridgehead atoms. The molecule has 0 heterocycles. The van der Waals surface area contributed by atoms with Gasteiger partial charge in [-0.1, -0.05) is 49.4 Å². The lowest BCUT2D eigenvalue weighted by molar-refractivity contribution is -0.111. The Morgan fingerprint density at radius 3 is 2.20 bits per heavy atom. The minimum atomic E-state index is -0.238. The van der Waals surface area contributed by atoms with Crippen molar-refractivity contribution in [3.8, 4) is 0 Å². The Labute approximate surface area is 125 Å². The molecule has 0 aromatic heterocycles. The van der Waals surface area contributed by atoms with Crippen molar-refractivity contribution >= 4 is 22.5 Å². The van der Waals surface area contributed by atoms with Gasteiger partial charge in [0.25, 0.3) is 0 Å². The molecule has 0 amide bonds. The number of carbonyl (C=O) groups excluding carboxylic acids is 1. The molecule has 0 fully saturated rings. The summed E-state index contributed by atoms with van der Waals surface area (Å²) < 4.78 is 0.